The zero-order valence-corrected chi connectivity index (χ0v) is 17.4. The number of pyridine rings is 1. The Labute approximate surface area is 178 Å². The smallest absolute Gasteiger partial charge is 0.137 e. The van der Waals surface area contributed by atoms with Gasteiger partial charge in [0, 0.05) is 48.4 Å². The quantitative estimate of drug-likeness (QED) is 0.529. The number of aromatic nitrogens is 5. The lowest BCUT2D eigenvalue weighted by Gasteiger charge is -2.35. The molecule has 154 valence electrons. The molecular formula is C22H24N6OS. The van der Waals surface area contributed by atoms with Crippen LogP contribution in [0.5, 0.6) is 0 Å². The summed E-state index contributed by atoms with van der Waals surface area (Å²) in [5.74, 6) is 1.12. The highest BCUT2D eigenvalue weighted by Gasteiger charge is 2.42. The van der Waals surface area contributed by atoms with Crippen molar-refractivity contribution < 1.29 is 5.11 Å². The fourth-order valence-electron chi connectivity index (χ4n) is 5.28. The van der Waals surface area contributed by atoms with E-state index in [1.165, 1.54) is 10.9 Å². The Kier molecular flexibility index (Phi) is 4.44. The van der Waals surface area contributed by atoms with E-state index in [1.54, 1.807) is 11.3 Å². The molecule has 1 aliphatic carbocycles. The number of H-pyrrole nitrogens is 1. The normalized spacial score (nSPS) is 27.0. The van der Waals surface area contributed by atoms with Crippen molar-refractivity contribution >= 4 is 22.4 Å². The lowest BCUT2D eigenvalue weighted by Crippen LogP contribution is -2.36. The molecule has 1 saturated carbocycles. The molecule has 8 heteroatoms. The number of aliphatic hydroxyl groups is 1. The number of rotatable bonds is 4. The summed E-state index contributed by atoms with van der Waals surface area (Å²) in [6, 6.07) is 6.18. The number of fused-ring (bicyclic) bond motifs is 2. The molecule has 4 aromatic rings. The molecule has 5 heterocycles. The highest BCUT2D eigenvalue weighted by molar-refractivity contribution is 7.08. The van der Waals surface area contributed by atoms with Gasteiger partial charge in [-0.25, -0.2) is 9.67 Å². The average molecular weight is 421 g/mol. The Bertz CT molecular complexity index is 1150. The Morgan fingerprint density at radius 3 is 2.97 bits per heavy atom. The van der Waals surface area contributed by atoms with Crippen LogP contribution in [0.2, 0.25) is 0 Å². The molecule has 0 radical (unpaired) electrons. The number of hydrogen-bond acceptors (Lipinski definition) is 6. The van der Waals surface area contributed by atoms with Gasteiger partial charge >= 0.3 is 0 Å². The van der Waals surface area contributed by atoms with E-state index in [2.05, 4.69) is 48.9 Å². The van der Waals surface area contributed by atoms with E-state index in [0.29, 0.717) is 11.8 Å². The summed E-state index contributed by atoms with van der Waals surface area (Å²) in [6.45, 7) is 3.02. The molecule has 1 saturated heterocycles. The molecule has 0 amide bonds. The second-order valence-corrected chi connectivity index (χ2v) is 9.41. The van der Waals surface area contributed by atoms with Crippen LogP contribution in [-0.2, 0) is 6.54 Å². The first-order chi connectivity index (χ1) is 14.7. The largest absolute Gasteiger partial charge is 0.391 e. The van der Waals surface area contributed by atoms with Crippen molar-refractivity contribution in [1.82, 2.24) is 29.9 Å². The number of likely N-dealkylation sites (tertiary alicyclic amines) is 1. The molecule has 2 fully saturated rings. The summed E-state index contributed by atoms with van der Waals surface area (Å²) in [5, 5.41) is 24.9. The van der Waals surface area contributed by atoms with Crippen molar-refractivity contribution in [2.24, 2.45) is 11.8 Å². The fraction of sp³-hybridized carbons (Fsp3) is 0.409. The topological polar surface area (TPSA) is 82.9 Å². The lowest BCUT2D eigenvalue weighted by molar-refractivity contribution is 0.0298. The summed E-state index contributed by atoms with van der Waals surface area (Å²) in [7, 11) is 0. The van der Waals surface area contributed by atoms with Crippen LogP contribution in [0.15, 0.2) is 47.5 Å². The van der Waals surface area contributed by atoms with Crippen LogP contribution in [0, 0.1) is 11.8 Å². The monoisotopic (exact) mass is 420 g/mol. The fourth-order valence-corrected chi connectivity index (χ4v) is 5.93. The first kappa shape index (κ1) is 18.2. The van der Waals surface area contributed by atoms with Crippen LogP contribution in [0.3, 0.4) is 0 Å². The van der Waals surface area contributed by atoms with E-state index < -0.39 is 0 Å². The zero-order valence-electron chi connectivity index (χ0n) is 16.6. The molecule has 0 bridgehead atoms. The SMILES string of the molecule is O[C@@H]1C[C@H]2CN(Cc3c[nH]c4ncccc34)C[C@H]2C[C@H]1n1cc(-c2ccsc2)nn1. The molecule has 2 N–H and O–H groups in total. The highest BCUT2D eigenvalue weighted by Crippen LogP contribution is 2.42. The van der Waals surface area contributed by atoms with Gasteiger partial charge in [-0.3, -0.25) is 4.90 Å². The second kappa shape index (κ2) is 7.30. The van der Waals surface area contributed by atoms with Gasteiger partial charge in [0.15, 0.2) is 0 Å². The van der Waals surface area contributed by atoms with Gasteiger partial charge in [0.1, 0.15) is 11.3 Å². The van der Waals surface area contributed by atoms with Crippen molar-refractivity contribution in [3.63, 3.8) is 0 Å². The van der Waals surface area contributed by atoms with Gasteiger partial charge in [-0.15, -0.1) is 5.10 Å². The van der Waals surface area contributed by atoms with Gasteiger partial charge in [-0.1, -0.05) is 5.21 Å². The van der Waals surface area contributed by atoms with E-state index in [9.17, 15) is 5.11 Å². The van der Waals surface area contributed by atoms with Crippen LogP contribution >= 0.6 is 11.3 Å². The Morgan fingerprint density at radius 1 is 1.20 bits per heavy atom. The minimum Gasteiger partial charge on any atom is -0.391 e. The lowest BCUT2D eigenvalue weighted by atomic mass is 9.77. The predicted molar refractivity (Wildman–Crippen MR) is 116 cm³/mol. The van der Waals surface area contributed by atoms with Crippen molar-refractivity contribution in [3.8, 4) is 11.3 Å². The van der Waals surface area contributed by atoms with E-state index in [-0.39, 0.29) is 12.1 Å². The number of aromatic amines is 1. The zero-order chi connectivity index (χ0) is 20.1. The summed E-state index contributed by atoms with van der Waals surface area (Å²) >= 11 is 1.66. The van der Waals surface area contributed by atoms with Crippen LogP contribution in [0.1, 0.15) is 24.4 Å². The summed E-state index contributed by atoms with van der Waals surface area (Å²) in [4.78, 5) is 10.2. The maximum absolute atomic E-state index is 10.9. The Balaban J connectivity index is 1.17. The number of nitrogens with zero attached hydrogens (tertiary/aromatic N) is 5. The Hall–Kier alpha value is -2.55. The van der Waals surface area contributed by atoms with Crippen molar-refractivity contribution in [3.05, 3.63) is 53.1 Å². The van der Waals surface area contributed by atoms with Crippen LogP contribution in [-0.4, -0.2) is 54.2 Å². The number of nitrogens with one attached hydrogen (secondary N) is 1. The number of hydrogen-bond donors (Lipinski definition) is 2. The average Bonchev–Trinajstić information content (AvgIpc) is 3.54. The molecule has 0 spiro atoms. The third-order valence-electron chi connectivity index (χ3n) is 6.78. The van der Waals surface area contributed by atoms with Gasteiger partial charge < -0.3 is 10.1 Å². The maximum Gasteiger partial charge on any atom is 0.137 e. The molecule has 30 heavy (non-hydrogen) atoms. The molecule has 1 aliphatic heterocycles. The van der Waals surface area contributed by atoms with Gasteiger partial charge in [0.25, 0.3) is 0 Å². The third-order valence-corrected chi connectivity index (χ3v) is 7.47. The van der Waals surface area contributed by atoms with Crippen LogP contribution in [0.25, 0.3) is 22.3 Å². The van der Waals surface area contributed by atoms with E-state index >= 15 is 0 Å². The van der Waals surface area contributed by atoms with E-state index in [0.717, 1.165) is 49.4 Å². The highest BCUT2D eigenvalue weighted by atomic mass is 32.1. The summed E-state index contributed by atoms with van der Waals surface area (Å²) < 4.78 is 1.89. The van der Waals surface area contributed by atoms with Crippen molar-refractivity contribution in [2.75, 3.05) is 13.1 Å². The van der Waals surface area contributed by atoms with Crippen LogP contribution in [0.4, 0.5) is 0 Å². The minimum absolute atomic E-state index is 0.00312. The third kappa shape index (κ3) is 3.15. The first-order valence-electron chi connectivity index (χ1n) is 10.5. The summed E-state index contributed by atoms with van der Waals surface area (Å²) in [6.07, 6.45) is 7.29. The van der Waals surface area contributed by atoms with Crippen LogP contribution < -0.4 is 0 Å². The molecule has 0 unspecified atom stereocenters. The van der Waals surface area contributed by atoms with Gasteiger partial charge in [0.2, 0.25) is 0 Å². The predicted octanol–water partition coefficient (Wildman–Crippen LogP) is 3.33. The molecule has 0 aromatic carbocycles. The second-order valence-electron chi connectivity index (χ2n) is 8.63. The Morgan fingerprint density at radius 2 is 2.10 bits per heavy atom. The van der Waals surface area contributed by atoms with E-state index in [1.807, 2.05) is 28.5 Å². The van der Waals surface area contributed by atoms with Crippen molar-refractivity contribution in [2.45, 2.75) is 31.5 Å². The molecule has 4 aromatic heterocycles. The maximum atomic E-state index is 10.9. The first-order valence-corrected chi connectivity index (χ1v) is 11.4. The molecular weight excluding hydrogens is 396 g/mol. The van der Waals surface area contributed by atoms with Gasteiger partial charge in [0.05, 0.1) is 18.3 Å². The van der Waals surface area contributed by atoms with Gasteiger partial charge in [-0.2, -0.15) is 11.3 Å². The number of aliphatic hydroxyl groups excluding tert-OH is 1. The summed E-state index contributed by atoms with van der Waals surface area (Å²) in [5.41, 5.74) is 4.22. The molecule has 6 rings (SSSR count). The molecule has 2 aliphatic rings. The molecule has 7 nitrogen and oxygen atoms in total. The van der Waals surface area contributed by atoms with E-state index in [4.69, 9.17) is 0 Å². The standard InChI is InChI=1S/C22H24N6OS/c29-21-7-16-10-27(11-17-8-24-22-18(17)2-1-4-23-22)9-15(16)6-20(21)28-12-19(25-26-28)14-3-5-30-13-14/h1-5,8,12-13,15-16,20-21,29H,6-7,9-11H2,(H,23,24)/t15-,16+,20-,21-/m1/s1. The molecule has 4 atom stereocenters. The minimum atomic E-state index is -0.375. The van der Waals surface area contributed by atoms with Gasteiger partial charge in [-0.05, 0) is 53.8 Å². The van der Waals surface area contributed by atoms with Crippen molar-refractivity contribution in [1.29, 1.82) is 0 Å². The number of thiophene rings is 1.